The van der Waals surface area contributed by atoms with E-state index in [1.807, 2.05) is 36.4 Å². The second kappa shape index (κ2) is 7.61. The van der Waals surface area contributed by atoms with Gasteiger partial charge in [0.05, 0.1) is 18.4 Å². The van der Waals surface area contributed by atoms with Crippen molar-refractivity contribution < 1.29 is 14.3 Å². The van der Waals surface area contributed by atoms with Gasteiger partial charge in [-0.1, -0.05) is 40.2 Å². The fourth-order valence-corrected chi connectivity index (χ4v) is 3.02. The van der Waals surface area contributed by atoms with E-state index in [1.54, 1.807) is 12.1 Å². The Morgan fingerprint density at radius 2 is 1.88 bits per heavy atom. The maximum atomic E-state index is 12.2. The highest BCUT2D eigenvalue weighted by molar-refractivity contribution is 9.10. The molecule has 0 saturated carbocycles. The molecule has 1 unspecified atom stereocenters. The summed E-state index contributed by atoms with van der Waals surface area (Å²) in [6.45, 7) is 0. The van der Waals surface area contributed by atoms with E-state index >= 15 is 0 Å². The highest BCUT2D eigenvalue weighted by Crippen LogP contribution is 2.21. The Bertz CT molecular complexity index is 814. The van der Waals surface area contributed by atoms with Crippen LogP contribution in [0.3, 0.4) is 0 Å². The number of hydrazone groups is 1. The first-order chi connectivity index (χ1) is 12.1. The van der Waals surface area contributed by atoms with Crippen molar-refractivity contribution in [2.24, 2.45) is 11.0 Å². The van der Waals surface area contributed by atoms with Crippen molar-refractivity contribution in [1.29, 1.82) is 0 Å². The molecule has 1 N–H and O–H groups in total. The lowest BCUT2D eigenvalue weighted by atomic mass is 9.90. The predicted molar refractivity (Wildman–Crippen MR) is 98.4 cm³/mol. The average molecular weight is 401 g/mol. The summed E-state index contributed by atoms with van der Waals surface area (Å²) >= 11 is 3.41. The van der Waals surface area contributed by atoms with E-state index in [1.165, 1.54) is 7.11 Å². The molecule has 2 aromatic rings. The Hall–Kier alpha value is -2.47. The first-order valence-corrected chi connectivity index (χ1v) is 8.65. The monoisotopic (exact) mass is 400 g/mol. The fraction of sp³-hybridized carbons (Fsp3) is 0.211. The number of hydrogen-bond acceptors (Lipinski definition) is 4. The summed E-state index contributed by atoms with van der Waals surface area (Å²) in [6, 6.07) is 15.0. The smallest absolute Gasteiger partial charge is 0.337 e. The summed E-state index contributed by atoms with van der Waals surface area (Å²) in [6.07, 6.45) is 1.16. The normalized spacial score (nSPS) is 16.8. The molecule has 5 nitrogen and oxygen atoms in total. The molecule has 0 saturated heterocycles. The first kappa shape index (κ1) is 17.4. The van der Waals surface area contributed by atoms with Crippen LogP contribution < -0.4 is 5.43 Å². The topological polar surface area (TPSA) is 67.8 Å². The van der Waals surface area contributed by atoms with Crippen LogP contribution in [0.5, 0.6) is 0 Å². The van der Waals surface area contributed by atoms with Gasteiger partial charge in [0.1, 0.15) is 0 Å². The van der Waals surface area contributed by atoms with Crippen LogP contribution in [0.2, 0.25) is 0 Å². The van der Waals surface area contributed by atoms with E-state index in [4.69, 9.17) is 4.74 Å². The van der Waals surface area contributed by atoms with E-state index in [9.17, 15) is 9.59 Å². The van der Waals surface area contributed by atoms with Gasteiger partial charge in [-0.25, -0.2) is 10.2 Å². The number of ether oxygens (including phenoxy) is 1. The Morgan fingerprint density at radius 3 is 2.52 bits per heavy atom. The third-order valence-corrected chi connectivity index (χ3v) is 4.67. The number of methoxy groups -OCH3 is 1. The van der Waals surface area contributed by atoms with Crippen LogP contribution in [0.25, 0.3) is 0 Å². The summed E-state index contributed by atoms with van der Waals surface area (Å²) in [4.78, 5) is 23.6. The average Bonchev–Trinajstić information content (AvgIpc) is 2.64. The number of rotatable bonds is 4. The van der Waals surface area contributed by atoms with Gasteiger partial charge in [0.25, 0.3) is 0 Å². The maximum Gasteiger partial charge on any atom is 0.337 e. The van der Waals surface area contributed by atoms with Gasteiger partial charge in [0.15, 0.2) is 0 Å². The van der Waals surface area contributed by atoms with Gasteiger partial charge in [-0.15, -0.1) is 0 Å². The third kappa shape index (κ3) is 4.14. The zero-order valence-corrected chi connectivity index (χ0v) is 15.2. The van der Waals surface area contributed by atoms with Gasteiger partial charge in [0.2, 0.25) is 5.91 Å². The molecule has 3 rings (SSSR count). The van der Waals surface area contributed by atoms with E-state index in [-0.39, 0.29) is 17.8 Å². The van der Waals surface area contributed by atoms with Crippen LogP contribution in [-0.4, -0.2) is 24.7 Å². The summed E-state index contributed by atoms with van der Waals surface area (Å²) in [7, 11) is 1.35. The number of esters is 1. The number of benzene rings is 2. The quantitative estimate of drug-likeness (QED) is 0.800. The van der Waals surface area contributed by atoms with Crippen LogP contribution >= 0.6 is 15.9 Å². The van der Waals surface area contributed by atoms with Gasteiger partial charge in [-0.2, -0.15) is 5.10 Å². The van der Waals surface area contributed by atoms with Gasteiger partial charge in [0, 0.05) is 16.8 Å². The van der Waals surface area contributed by atoms with Gasteiger partial charge in [-0.05, 0) is 41.8 Å². The van der Waals surface area contributed by atoms with Crippen molar-refractivity contribution in [3.63, 3.8) is 0 Å². The molecule has 1 amide bonds. The lowest BCUT2D eigenvalue weighted by Gasteiger charge is -2.21. The molecule has 2 aromatic carbocycles. The van der Waals surface area contributed by atoms with Crippen LogP contribution in [0.4, 0.5) is 0 Å². The Balaban J connectivity index is 1.72. The lowest BCUT2D eigenvalue weighted by molar-refractivity contribution is -0.125. The largest absolute Gasteiger partial charge is 0.465 e. The van der Waals surface area contributed by atoms with E-state index in [0.717, 1.165) is 21.3 Å². The summed E-state index contributed by atoms with van der Waals surface area (Å²) < 4.78 is 5.69. The second-order valence-electron chi connectivity index (χ2n) is 5.84. The second-order valence-corrected chi connectivity index (χ2v) is 6.75. The molecule has 25 heavy (non-hydrogen) atoms. The van der Waals surface area contributed by atoms with Crippen molar-refractivity contribution in [2.45, 2.75) is 12.8 Å². The highest BCUT2D eigenvalue weighted by Gasteiger charge is 2.26. The molecule has 0 radical (unpaired) electrons. The molecule has 0 bridgehead atoms. The predicted octanol–water partition coefficient (Wildman–Crippen LogP) is 3.32. The van der Waals surface area contributed by atoms with Crippen LogP contribution in [0, 0.1) is 5.92 Å². The van der Waals surface area contributed by atoms with Crippen molar-refractivity contribution in [2.75, 3.05) is 7.11 Å². The van der Waals surface area contributed by atoms with Crippen molar-refractivity contribution in [3.05, 3.63) is 69.7 Å². The fourth-order valence-electron chi connectivity index (χ4n) is 2.75. The molecule has 0 fully saturated rings. The molecule has 0 spiro atoms. The van der Waals surface area contributed by atoms with Crippen LogP contribution in [0.15, 0.2) is 58.1 Å². The minimum atomic E-state index is -0.369. The standard InChI is InChI=1S/C19H17BrN2O3/c1-25-19(24)14-4-2-12(3-5-14)10-15-11-17(21-22-18(15)23)13-6-8-16(20)9-7-13/h2-9,15H,10-11H2,1H3,(H,22,23). The molecule has 0 aliphatic carbocycles. The summed E-state index contributed by atoms with van der Waals surface area (Å²) in [5, 5.41) is 4.19. The SMILES string of the molecule is COC(=O)c1ccc(CC2CC(c3ccc(Br)cc3)=NNC2=O)cc1. The number of nitrogens with zero attached hydrogens (tertiary/aromatic N) is 1. The van der Waals surface area contributed by atoms with E-state index in [0.29, 0.717) is 18.4 Å². The van der Waals surface area contributed by atoms with Crippen LogP contribution in [-0.2, 0) is 16.0 Å². The number of carbonyl (C=O) groups excluding carboxylic acids is 2. The summed E-state index contributed by atoms with van der Waals surface area (Å²) in [5.74, 6) is -0.648. The Kier molecular flexibility index (Phi) is 5.28. The molecule has 1 aliphatic heterocycles. The van der Waals surface area contributed by atoms with E-state index < -0.39 is 0 Å². The Morgan fingerprint density at radius 1 is 1.20 bits per heavy atom. The number of nitrogens with one attached hydrogen (secondary N) is 1. The number of hydrogen-bond donors (Lipinski definition) is 1. The minimum absolute atomic E-state index is 0.0853. The summed E-state index contributed by atoms with van der Waals surface area (Å²) in [5.41, 5.74) is 5.96. The van der Waals surface area contributed by atoms with Crippen molar-refractivity contribution in [1.82, 2.24) is 5.43 Å². The van der Waals surface area contributed by atoms with Gasteiger partial charge >= 0.3 is 5.97 Å². The highest BCUT2D eigenvalue weighted by atomic mass is 79.9. The van der Waals surface area contributed by atoms with E-state index in [2.05, 4.69) is 26.5 Å². The molecule has 6 heteroatoms. The Labute approximate surface area is 154 Å². The zero-order chi connectivity index (χ0) is 17.8. The lowest BCUT2D eigenvalue weighted by Crippen LogP contribution is -2.36. The molecule has 1 aliphatic rings. The maximum absolute atomic E-state index is 12.2. The minimum Gasteiger partial charge on any atom is -0.465 e. The van der Waals surface area contributed by atoms with Crippen molar-refractivity contribution >= 4 is 33.5 Å². The third-order valence-electron chi connectivity index (χ3n) is 4.15. The molecular formula is C19H17BrN2O3. The van der Waals surface area contributed by atoms with Gasteiger partial charge < -0.3 is 4.74 Å². The first-order valence-electron chi connectivity index (χ1n) is 7.86. The number of amides is 1. The van der Waals surface area contributed by atoms with Gasteiger partial charge in [-0.3, -0.25) is 4.79 Å². The molecule has 1 atom stereocenters. The number of carbonyl (C=O) groups is 2. The molecule has 128 valence electrons. The molecule has 1 heterocycles. The van der Waals surface area contributed by atoms with Crippen LogP contribution in [0.1, 0.15) is 27.9 Å². The van der Waals surface area contributed by atoms with Crippen molar-refractivity contribution in [3.8, 4) is 0 Å². The molecular weight excluding hydrogens is 384 g/mol. The zero-order valence-electron chi connectivity index (χ0n) is 13.7. The number of halogens is 1. The molecule has 0 aromatic heterocycles.